The third-order valence-electron chi connectivity index (χ3n) is 7.93. The molecule has 3 heterocycles. The molecular formula is C36H28N4O. The van der Waals surface area contributed by atoms with Crippen molar-refractivity contribution >= 4 is 28.3 Å². The molecule has 0 spiro atoms. The van der Waals surface area contributed by atoms with E-state index in [0.717, 1.165) is 39.2 Å². The summed E-state index contributed by atoms with van der Waals surface area (Å²) >= 11 is 0. The molecular weight excluding hydrogens is 504 g/mol. The minimum absolute atomic E-state index is 0.114. The van der Waals surface area contributed by atoms with Gasteiger partial charge in [0.2, 0.25) is 0 Å². The van der Waals surface area contributed by atoms with E-state index in [-0.39, 0.29) is 23.7 Å². The second kappa shape index (κ2) is 10.8. The molecule has 0 unspecified atom stereocenters. The summed E-state index contributed by atoms with van der Waals surface area (Å²) < 4.78 is 2.01. The monoisotopic (exact) mass is 532 g/mol. The summed E-state index contributed by atoms with van der Waals surface area (Å²) in [5.74, 6) is 0.594. The number of hydrogen-bond acceptors (Lipinski definition) is 4. The van der Waals surface area contributed by atoms with Crippen molar-refractivity contribution in [2.45, 2.75) is 24.3 Å². The first-order chi connectivity index (χ1) is 20.3. The highest BCUT2D eigenvalue weighted by Gasteiger charge is 2.41. The molecule has 0 fully saturated rings. The van der Waals surface area contributed by atoms with Gasteiger partial charge < -0.3 is 0 Å². The van der Waals surface area contributed by atoms with Crippen LogP contribution < -0.4 is 0 Å². The molecule has 2 aromatic heterocycles. The first-order valence-corrected chi connectivity index (χ1v) is 13.9. The maximum atomic E-state index is 13.8. The summed E-state index contributed by atoms with van der Waals surface area (Å²) in [7, 11) is 0. The van der Waals surface area contributed by atoms with Crippen LogP contribution in [0.25, 0.3) is 11.0 Å². The number of ketones is 1. The average molecular weight is 533 g/mol. The first-order valence-electron chi connectivity index (χ1n) is 13.9. The van der Waals surface area contributed by atoms with Gasteiger partial charge in [0.25, 0.3) is 0 Å². The lowest BCUT2D eigenvalue weighted by Gasteiger charge is -2.31. The van der Waals surface area contributed by atoms with E-state index in [0.29, 0.717) is 12.1 Å². The van der Waals surface area contributed by atoms with Crippen LogP contribution in [0.3, 0.4) is 0 Å². The number of aromatic nitrogens is 3. The molecule has 6 aromatic rings. The zero-order valence-electron chi connectivity index (χ0n) is 22.4. The van der Waals surface area contributed by atoms with Gasteiger partial charge in [0.1, 0.15) is 6.04 Å². The summed E-state index contributed by atoms with van der Waals surface area (Å²) in [6.45, 7) is 0. The minimum atomic E-state index is -0.233. The lowest BCUT2D eigenvalue weighted by atomic mass is 9.73. The van der Waals surface area contributed by atoms with Gasteiger partial charge in [-0.15, -0.1) is 5.10 Å². The van der Waals surface area contributed by atoms with Crippen molar-refractivity contribution in [1.82, 2.24) is 14.8 Å². The number of carbonyl (C=O) groups is 1. The van der Waals surface area contributed by atoms with Crippen molar-refractivity contribution in [3.05, 3.63) is 162 Å². The van der Waals surface area contributed by atoms with E-state index in [1.807, 2.05) is 77.5 Å². The fourth-order valence-corrected chi connectivity index (χ4v) is 6.05. The molecule has 1 aliphatic rings. The largest absolute Gasteiger partial charge is 0.294 e. The van der Waals surface area contributed by atoms with Crippen LogP contribution in [0.5, 0.6) is 0 Å². The average Bonchev–Trinajstić information content (AvgIpc) is 3.58. The van der Waals surface area contributed by atoms with Crippen molar-refractivity contribution in [1.29, 1.82) is 0 Å². The Morgan fingerprint density at radius 1 is 0.707 bits per heavy atom. The maximum Gasteiger partial charge on any atom is 0.183 e. The van der Waals surface area contributed by atoms with Crippen LogP contribution in [0.15, 0.2) is 145 Å². The van der Waals surface area contributed by atoms with Crippen LogP contribution in [0, 0.1) is 0 Å². The molecule has 41 heavy (non-hydrogen) atoms. The summed E-state index contributed by atoms with van der Waals surface area (Å²) in [5.41, 5.74) is 5.70. The maximum absolute atomic E-state index is 13.8. The van der Waals surface area contributed by atoms with Crippen molar-refractivity contribution in [3.8, 4) is 0 Å². The molecule has 3 atom stereocenters. The highest BCUT2D eigenvalue weighted by molar-refractivity contribution is 6.05. The summed E-state index contributed by atoms with van der Waals surface area (Å²) in [6.07, 6.45) is 2.11. The van der Waals surface area contributed by atoms with E-state index in [4.69, 9.17) is 10.1 Å². The number of hydrogen-bond donors (Lipinski definition) is 0. The van der Waals surface area contributed by atoms with E-state index in [2.05, 4.69) is 65.6 Å². The lowest BCUT2D eigenvalue weighted by Crippen LogP contribution is -2.29. The molecule has 0 saturated heterocycles. The van der Waals surface area contributed by atoms with E-state index in [1.165, 1.54) is 0 Å². The van der Waals surface area contributed by atoms with Crippen molar-refractivity contribution in [2.24, 2.45) is 4.99 Å². The third kappa shape index (κ3) is 4.66. The van der Waals surface area contributed by atoms with E-state index < -0.39 is 0 Å². The molecule has 5 nitrogen and oxygen atoms in total. The Labute approximate surface area is 238 Å². The molecule has 5 heteroatoms. The summed E-state index contributed by atoms with van der Waals surface area (Å²) in [5, 5.41) is 5.87. The lowest BCUT2D eigenvalue weighted by molar-refractivity contribution is 0.0972. The number of rotatable bonds is 8. The topological polar surface area (TPSA) is 60.1 Å². The Morgan fingerprint density at radius 2 is 1.32 bits per heavy atom. The SMILES string of the molecule is O=C(C[C@H](c1ccccc1)[C@H](C1=Nc2c3cccnc3nn2[C@H]1c1ccccc1)c1ccccc1)c1ccccc1. The fraction of sp³-hybridized carbons (Fsp3) is 0.111. The molecule has 0 aliphatic carbocycles. The predicted molar refractivity (Wildman–Crippen MR) is 163 cm³/mol. The van der Waals surface area contributed by atoms with Gasteiger partial charge in [-0.3, -0.25) is 4.79 Å². The van der Waals surface area contributed by atoms with Crippen molar-refractivity contribution < 1.29 is 4.79 Å². The van der Waals surface area contributed by atoms with Crippen LogP contribution in [-0.2, 0) is 0 Å². The number of pyridine rings is 1. The van der Waals surface area contributed by atoms with Crippen LogP contribution in [-0.4, -0.2) is 26.3 Å². The molecule has 7 rings (SSSR count). The molecule has 1 aliphatic heterocycles. The van der Waals surface area contributed by atoms with Gasteiger partial charge in [-0.1, -0.05) is 121 Å². The molecule has 4 aromatic carbocycles. The quantitative estimate of drug-likeness (QED) is 0.187. The van der Waals surface area contributed by atoms with E-state index >= 15 is 0 Å². The number of fused-ring (bicyclic) bond motifs is 3. The highest BCUT2D eigenvalue weighted by Crippen LogP contribution is 2.47. The summed E-state index contributed by atoms with van der Waals surface area (Å²) in [4.78, 5) is 23.7. The number of carbonyl (C=O) groups excluding carboxylic acids is 1. The standard InChI is InChI=1S/C36H28N4O/c41-31(26-16-7-2-8-17-26)24-30(25-14-5-1-6-15-25)32(27-18-9-3-10-19-27)33-34(28-20-11-4-12-21-28)40-36(38-33)29-22-13-23-37-35(29)39-40/h1-23,30,32,34H,24H2/t30-,32-,34+/m1/s1. The van der Waals surface area contributed by atoms with Crippen molar-refractivity contribution in [3.63, 3.8) is 0 Å². The van der Waals surface area contributed by atoms with Crippen LogP contribution in [0.1, 0.15) is 51.3 Å². The van der Waals surface area contributed by atoms with Gasteiger partial charge in [-0.25, -0.2) is 14.7 Å². The van der Waals surface area contributed by atoms with Gasteiger partial charge in [-0.05, 0) is 28.8 Å². The number of nitrogens with zero attached hydrogens (tertiary/aromatic N) is 4. The second-order valence-electron chi connectivity index (χ2n) is 10.4. The molecule has 0 bridgehead atoms. The van der Waals surface area contributed by atoms with Crippen molar-refractivity contribution in [2.75, 3.05) is 0 Å². The smallest absolute Gasteiger partial charge is 0.183 e. The van der Waals surface area contributed by atoms with Gasteiger partial charge in [0, 0.05) is 30.0 Å². The van der Waals surface area contributed by atoms with Crippen LogP contribution >= 0.6 is 0 Å². The minimum Gasteiger partial charge on any atom is -0.294 e. The molecule has 0 saturated carbocycles. The van der Waals surface area contributed by atoms with Gasteiger partial charge in [0.15, 0.2) is 17.2 Å². The highest BCUT2D eigenvalue weighted by atomic mass is 16.1. The molecule has 0 amide bonds. The Kier molecular flexibility index (Phi) is 6.53. The van der Waals surface area contributed by atoms with Gasteiger partial charge >= 0.3 is 0 Å². The Morgan fingerprint density at radius 3 is 2.00 bits per heavy atom. The molecule has 0 radical (unpaired) electrons. The molecule has 0 N–H and O–H groups in total. The fourth-order valence-electron chi connectivity index (χ4n) is 6.05. The number of Topliss-reactive ketones (excluding diaryl/α,β-unsaturated/α-hetero) is 1. The molecule has 198 valence electrons. The Balaban J connectivity index is 1.44. The number of benzene rings is 4. The van der Waals surface area contributed by atoms with E-state index in [9.17, 15) is 4.79 Å². The third-order valence-corrected chi connectivity index (χ3v) is 7.93. The normalized spacial score (nSPS) is 15.7. The van der Waals surface area contributed by atoms with Gasteiger partial charge in [-0.2, -0.15) is 0 Å². The summed E-state index contributed by atoms with van der Waals surface area (Å²) in [6, 6.07) is 44.5. The van der Waals surface area contributed by atoms with Gasteiger partial charge in [0.05, 0.1) is 11.1 Å². The van der Waals surface area contributed by atoms with E-state index in [1.54, 1.807) is 6.20 Å². The second-order valence-corrected chi connectivity index (χ2v) is 10.4. The zero-order valence-corrected chi connectivity index (χ0v) is 22.4. The predicted octanol–water partition coefficient (Wildman–Crippen LogP) is 7.95. The Bertz CT molecular complexity index is 1830. The number of aliphatic imine (C=N–C) groups is 1. The Hall–Kier alpha value is -5.16. The zero-order chi connectivity index (χ0) is 27.6. The van der Waals surface area contributed by atoms with Crippen LogP contribution in [0.2, 0.25) is 0 Å². The van der Waals surface area contributed by atoms with Crippen LogP contribution in [0.4, 0.5) is 5.82 Å². The first kappa shape index (κ1) is 24.9.